The summed E-state index contributed by atoms with van der Waals surface area (Å²) in [6.07, 6.45) is 0. The number of rotatable bonds is 5. The number of nitrogens with zero attached hydrogens (tertiary/aromatic N) is 3. The predicted octanol–water partition coefficient (Wildman–Crippen LogP) is 0.418. The van der Waals surface area contributed by atoms with Crippen LogP contribution in [-0.4, -0.2) is 28.2 Å². The first-order valence-electron chi connectivity index (χ1n) is 5.82. The Morgan fingerprint density at radius 3 is 2.95 bits per heavy atom. The molecule has 0 atom stereocenters. The van der Waals surface area contributed by atoms with Gasteiger partial charge in [-0.3, -0.25) is 10.1 Å². The summed E-state index contributed by atoms with van der Waals surface area (Å²) in [7, 11) is 1.61. The number of hydrogen-bond donors (Lipinski definition) is 3. The molecule has 0 unspecified atom stereocenters. The van der Waals surface area contributed by atoms with Crippen molar-refractivity contribution in [3.05, 3.63) is 42.0 Å². The Balaban J connectivity index is 1.84. The Morgan fingerprint density at radius 1 is 1.42 bits per heavy atom. The summed E-state index contributed by atoms with van der Waals surface area (Å²) in [6, 6.07) is 9.54. The van der Waals surface area contributed by atoms with E-state index in [1.54, 1.807) is 7.05 Å². The van der Waals surface area contributed by atoms with Gasteiger partial charge in [-0.25, -0.2) is 4.98 Å². The molecule has 2 aromatic rings. The summed E-state index contributed by atoms with van der Waals surface area (Å²) in [6.45, 7) is 0.763. The van der Waals surface area contributed by atoms with Crippen LogP contribution >= 0.6 is 0 Å². The van der Waals surface area contributed by atoms with Gasteiger partial charge in [0, 0.05) is 7.05 Å². The lowest BCUT2D eigenvalue weighted by atomic mass is 10.3. The molecule has 0 saturated carbocycles. The summed E-state index contributed by atoms with van der Waals surface area (Å²) < 4.78 is 5.55. The predicted molar refractivity (Wildman–Crippen MR) is 71.5 cm³/mol. The molecule has 1 aromatic heterocycles. The summed E-state index contributed by atoms with van der Waals surface area (Å²) in [5.74, 6) is 2.42. The van der Waals surface area contributed by atoms with Crippen molar-refractivity contribution < 1.29 is 4.74 Å². The average molecular weight is 260 g/mol. The molecule has 0 aliphatic heterocycles. The molecule has 1 heterocycles. The van der Waals surface area contributed by atoms with Crippen LogP contribution in [0.1, 0.15) is 11.6 Å². The number of aliphatic imine (C=N–C) groups is 1. The Kier molecular flexibility index (Phi) is 4.33. The third-order valence-electron chi connectivity index (χ3n) is 2.37. The lowest BCUT2D eigenvalue weighted by Gasteiger charge is -2.02. The van der Waals surface area contributed by atoms with E-state index in [9.17, 15) is 0 Å². The highest BCUT2D eigenvalue weighted by atomic mass is 16.5. The molecule has 0 aliphatic rings. The molecule has 2 rings (SSSR count). The molecule has 0 fully saturated rings. The van der Waals surface area contributed by atoms with Crippen molar-refractivity contribution in [1.29, 1.82) is 0 Å². The molecule has 0 radical (unpaired) electrons. The first-order valence-corrected chi connectivity index (χ1v) is 5.82. The second kappa shape index (κ2) is 6.39. The van der Waals surface area contributed by atoms with Crippen LogP contribution in [0.3, 0.4) is 0 Å². The minimum absolute atomic E-state index is 0.342. The highest BCUT2D eigenvalue weighted by Crippen LogP contribution is 2.09. The monoisotopic (exact) mass is 260 g/mol. The molecule has 100 valence electrons. The summed E-state index contributed by atoms with van der Waals surface area (Å²) in [4.78, 5) is 8.05. The lowest BCUT2D eigenvalue weighted by molar-refractivity contribution is 0.296. The van der Waals surface area contributed by atoms with Crippen LogP contribution < -0.4 is 15.8 Å². The third kappa shape index (κ3) is 3.98. The summed E-state index contributed by atoms with van der Waals surface area (Å²) in [5, 5.41) is 9.73. The number of aromatic amines is 1. The van der Waals surface area contributed by atoms with Crippen LogP contribution in [0.2, 0.25) is 0 Å². The fourth-order valence-corrected chi connectivity index (χ4v) is 1.40. The topological polar surface area (TPSA) is 101 Å². The molecule has 0 amide bonds. The van der Waals surface area contributed by atoms with Gasteiger partial charge in [0.15, 0.2) is 17.6 Å². The van der Waals surface area contributed by atoms with E-state index in [1.165, 1.54) is 0 Å². The first kappa shape index (κ1) is 12.9. The van der Waals surface area contributed by atoms with E-state index in [-0.39, 0.29) is 0 Å². The Labute approximate surface area is 110 Å². The zero-order chi connectivity index (χ0) is 13.5. The van der Waals surface area contributed by atoms with Gasteiger partial charge in [-0.2, -0.15) is 5.10 Å². The van der Waals surface area contributed by atoms with E-state index in [1.807, 2.05) is 30.3 Å². The Morgan fingerprint density at radius 2 is 2.21 bits per heavy atom. The number of nitrogens with two attached hydrogens (primary N) is 1. The third-order valence-corrected chi connectivity index (χ3v) is 2.37. The van der Waals surface area contributed by atoms with Gasteiger partial charge in [-0.15, -0.1) is 0 Å². The molecule has 0 saturated heterocycles. The summed E-state index contributed by atoms with van der Waals surface area (Å²) >= 11 is 0. The van der Waals surface area contributed by atoms with Crippen molar-refractivity contribution in [1.82, 2.24) is 20.5 Å². The van der Waals surface area contributed by atoms with Crippen LogP contribution in [0.5, 0.6) is 5.75 Å². The highest BCUT2D eigenvalue weighted by molar-refractivity contribution is 5.77. The minimum atomic E-state index is 0.342. The number of aromatic nitrogens is 3. The van der Waals surface area contributed by atoms with Crippen molar-refractivity contribution in [2.75, 3.05) is 7.05 Å². The van der Waals surface area contributed by atoms with Crippen molar-refractivity contribution >= 4 is 5.96 Å². The van der Waals surface area contributed by atoms with E-state index in [0.29, 0.717) is 30.8 Å². The van der Waals surface area contributed by atoms with Crippen molar-refractivity contribution in [2.24, 2.45) is 10.7 Å². The second-order valence-electron chi connectivity index (χ2n) is 3.76. The quantitative estimate of drug-likeness (QED) is 0.534. The second-order valence-corrected chi connectivity index (χ2v) is 3.76. The molecular formula is C12H16N6O. The first-order chi connectivity index (χ1) is 9.28. The number of ether oxygens (including phenoxy) is 1. The van der Waals surface area contributed by atoms with E-state index in [2.05, 4.69) is 25.5 Å². The van der Waals surface area contributed by atoms with Gasteiger partial charge < -0.3 is 15.8 Å². The molecule has 7 heteroatoms. The number of benzene rings is 1. The lowest BCUT2D eigenvalue weighted by Crippen LogP contribution is -2.31. The molecule has 1 aromatic carbocycles. The van der Waals surface area contributed by atoms with Gasteiger partial charge in [0.2, 0.25) is 0 Å². The highest BCUT2D eigenvalue weighted by Gasteiger charge is 2.04. The zero-order valence-electron chi connectivity index (χ0n) is 10.6. The zero-order valence-corrected chi connectivity index (χ0v) is 10.6. The van der Waals surface area contributed by atoms with Gasteiger partial charge in [-0.1, -0.05) is 18.2 Å². The maximum atomic E-state index is 5.55. The van der Waals surface area contributed by atoms with Crippen LogP contribution in [0.25, 0.3) is 0 Å². The largest absolute Gasteiger partial charge is 0.486 e. The normalized spacial score (nSPS) is 11.3. The van der Waals surface area contributed by atoms with Crippen LogP contribution in [0.4, 0.5) is 0 Å². The van der Waals surface area contributed by atoms with Gasteiger partial charge in [0.1, 0.15) is 12.4 Å². The summed E-state index contributed by atoms with van der Waals surface area (Å²) in [5.41, 5.74) is 5.51. The molecule has 19 heavy (non-hydrogen) atoms. The maximum Gasteiger partial charge on any atom is 0.188 e. The standard InChI is InChI=1S/C12H16N6O/c1-14-12(13)15-7-10-16-11(18-17-10)8-19-9-5-3-2-4-6-9/h2-6H,7-8H2,1H3,(H3,13,14,15)(H,16,17,18). The van der Waals surface area contributed by atoms with E-state index in [4.69, 9.17) is 10.5 Å². The van der Waals surface area contributed by atoms with Crippen molar-refractivity contribution in [3.8, 4) is 5.75 Å². The Bertz CT molecular complexity index is 536. The fourth-order valence-electron chi connectivity index (χ4n) is 1.40. The van der Waals surface area contributed by atoms with Crippen LogP contribution in [0, 0.1) is 0 Å². The molecule has 0 aliphatic carbocycles. The Hall–Kier alpha value is -2.57. The van der Waals surface area contributed by atoms with Crippen molar-refractivity contribution in [3.63, 3.8) is 0 Å². The van der Waals surface area contributed by atoms with E-state index < -0.39 is 0 Å². The number of nitrogens with one attached hydrogen (secondary N) is 2. The number of H-pyrrole nitrogens is 1. The van der Waals surface area contributed by atoms with E-state index >= 15 is 0 Å². The molecule has 0 spiro atoms. The SMILES string of the molecule is CN=C(N)NCc1n[nH]c(COc2ccccc2)n1. The van der Waals surface area contributed by atoms with Gasteiger partial charge >= 0.3 is 0 Å². The van der Waals surface area contributed by atoms with Crippen LogP contribution in [-0.2, 0) is 13.2 Å². The molecule has 4 N–H and O–H groups in total. The smallest absolute Gasteiger partial charge is 0.188 e. The minimum Gasteiger partial charge on any atom is -0.486 e. The number of guanidine groups is 1. The van der Waals surface area contributed by atoms with Crippen LogP contribution in [0.15, 0.2) is 35.3 Å². The van der Waals surface area contributed by atoms with Gasteiger partial charge in [0.25, 0.3) is 0 Å². The molecule has 0 bridgehead atoms. The van der Waals surface area contributed by atoms with E-state index in [0.717, 1.165) is 5.75 Å². The maximum absolute atomic E-state index is 5.55. The number of para-hydroxylation sites is 1. The average Bonchev–Trinajstić information content (AvgIpc) is 2.91. The molecular weight excluding hydrogens is 244 g/mol. The van der Waals surface area contributed by atoms with Gasteiger partial charge in [-0.05, 0) is 12.1 Å². The van der Waals surface area contributed by atoms with Crippen molar-refractivity contribution in [2.45, 2.75) is 13.2 Å². The molecule has 7 nitrogen and oxygen atoms in total. The number of hydrogen-bond acceptors (Lipinski definition) is 4. The van der Waals surface area contributed by atoms with Gasteiger partial charge in [0.05, 0.1) is 6.54 Å². The fraction of sp³-hybridized carbons (Fsp3) is 0.250.